The van der Waals surface area contributed by atoms with E-state index in [1.807, 2.05) is 38.1 Å². The topological polar surface area (TPSA) is 41.9 Å². The van der Waals surface area contributed by atoms with Crippen LogP contribution in [0.4, 0.5) is 10.1 Å². The van der Waals surface area contributed by atoms with Crippen molar-refractivity contribution in [3.05, 3.63) is 62.3 Å². The highest BCUT2D eigenvalue weighted by atomic mass is 127. The lowest BCUT2D eigenvalue weighted by Gasteiger charge is -2.11. The predicted molar refractivity (Wildman–Crippen MR) is 117 cm³/mol. The maximum atomic E-state index is 13.1. The predicted octanol–water partition coefficient (Wildman–Crippen LogP) is 5.45. The van der Waals surface area contributed by atoms with Crippen LogP contribution in [-0.4, -0.2) is 29.1 Å². The molecule has 0 unspecified atom stereocenters. The maximum absolute atomic E-state index is 13.1. The van der Waals surface area contributed by atoms with Crippen molar-refractivity contribution in [2.24, 2.45) is 4.99 Å². The first-order chi connectivity index (χ1) is 13.0. The first-order valence-electron chi connectivity index (χ1n) is 8.49. The zero-order valence-electron chi connectivity index (χ0n) is 14.9. The number of ether oxygens (including phenoxy) is 1. The van der Waals surface area contributed by atoms with Gasteiger partial charge in [0.15, 0.2) is 5.17 Å². The number of amidine groups is 1. The number of aliphatic imine (C=N–C) groups is 1. The molecule has 0 aliphatic carbocycles. The van der Waals surface area contributed by atoms with Crippen molar-refractivity contribution in [3.63, 3.8) is 0 Å². The fraction of sp³-hybridized carbons (Fsp3) is 0.200. The highest BCUT2D eigenvalue weighted by molar-refractivity contribution is 14.1. The number of amides is 1. The number of halogens is 2. The highest BCUT2D eigenvalue weighted by Gasteiger charge is 2.32. The zero-order chi connectivity index (χ0) is 19.4. The standard InChI is InChI=1S/C20H18FIN2O2S/c1-3-24-19(25)18(12-13-5-10-17(26-4-2)16(22)11-13)27-20(24)23-15-8-6-14(21)7-9-15/h5-12H,3-4H2,1-2H3/b18-12+,23-20?. The van der Waals surface area contributed by atoms with E-state index >= 15 is 0 Å². The summed E-state index contributed by atoms with van der Waals surface area (Å²) in [7, 11) is 0. The van der Waals surface area contributed by atoms with Gasteiger partial charge in [0.2, 0.25) is 0 Å². The van der Waals surface area contributed by atoms with Gasteiger partial charge < -0.3 is 4.74 Å². The minimum Gasteiger partial charge on any atom is -0.493 e. The summed E-state index contributed by atoms with van der Waals surface area (Å²) in [4.78, 5) is 19.5. The van der Waals surface area contributed by atoms with Gasteiger partial charge in [0.1, 0.15) is 11.6 Å². The maximum Gasteiger partial charge on any atom is 0.266 e. The summed E-state index contributed by atoms with van der Waals surface area (Å²) in [6.45, 7) is 4.98. The lowest BCUT2D eigenvalue weighted by molar-refractivity contribution is -0.122. The van der Waals surface area contributed by atoms with E-state index in [0.717, 1.165) is 14.9 Å². The second kappa shape index (κ2) is 8.88. The molecule has 1 saturated heterocycles. The van der Waals surface area contributed by atoms with Crippen LogP contribution in [-0.2, 0) is 4.79 Å². The van der Waals surface area contributed by atoms with E-state index in [9.17, 15) is 9.18 Å². The molecule has 0 spiro atoms. The van der Waals surface area contributed by atoms with Crippen molar-refractivity contribution in [3.8, 4) is 5.75 Å². The van der Waals surface area contributed by atoms with Crippen molar-refractivity contribution in [1.82, 2.24) is 4.90 Å². The molecule has 1 fully saturated rings. The second-order valence-corrected chi connectivity index (χ2v) is 7.83. The molecule has 0 bridgehead atoms. The molecule has 1 aliphatic rings. The van der Waals surface area contributed by atoms with Gasteiger partial charge >= 0.3 is 0 Å². The molecule has 0 aromatic heterocycles. The molecule has 0 saturated carbocycles. The van der Waals surface area contributed by atoms with Crippen LogP contribution in [0.5, 0.6) is 5.75 Å². The Morgan fingerprint density at radius 2 is 1.96 bits per heavy atom. The fourth-order valence-corrected chi connectivity index (χ4v) is 4.28. The summed E-state index contributed by atoms with van der Waals surface area (Å²) in [5, 5.41) is 0.598. The number of nitrogens with zero attached hydrogens (tertiary/aromatic N) is 2. The Labute approximate surface area is 175 Å². The van der Waals surface area contributed by atoms with Crippen molar-refractivity contribution in [1.29, 1.82) is 0 Å². The number of carbonyl (C=O) groups excluding carboxylic acids is 1. The molecule has 4 nitrogen and oxygen atoms in total. The van der Waals surface area contributed by atoms with Gasteiger partial charge in [-0.15, -0.1) is 0 Å². The quantitative estimate of drug-likeness (QED) is 0.408. The van der Waals surface area contributed by atoms with Gasteiger partial charge in [0.25, 0.3) is 5.91 Å². The van der Waals surface area contributed by atoms with Crippen LogP contribution in [0.2, 0.25) is 0 Å². The second-order valence-electron chi connectivity index (χ2n) is 5.65. The Balaban J connectivity index is 1.88. The summed E-state index contributed by atoms with van der Waals surface area (Å²) < 4.78 is 19.6. The monoisotopic (exact) mass is 496 g/mol. The van der Waals surface area contributed by atoms with Crippen LogP contribution < -0.4 is 4.74 Å². The van der Waals surface area contributed by atoms with Crippen molar-refractivity contribution in [2.45, 2.75) is 13.8 Å². The smallest absolute Gasteiger partial charge is 0.266 e. The average Bonchev–Trinajstić information content (AvgIpc) is 2.94. The summed E-state index contributed by atoms with van der Waals surface area (Å²) in [5.41, 5.74) is 1.54. The van der Waals surface area contributed by atoms with E-state index in [1.165, 1.54) is 23.9 Å². The van der Waals surface area contributed by atoms with Crippen LogP contribution >= 0.6 is 34.4 Å². The molecule has 140 valence electrons. The highest BCUT2D eigenvalue weighted by Crippen LogP contribution is 2.34. The number of thioether (sulfide) groups is 1. The molecule has 7 heteroatoms. The third kappa shape index (κ3) is 4.70. The minimum atomic E-state index is -0.313. The first-order valence-corrected chi connectivity index (χ1v) is 10.4. The molecule has 2 aromatic carbocycles. The average molecular weight is 496 g/mol. The number of hydrogen-bond donors (Lipinski definition) is 0. The van der Waals surface area contributed by atoms with E-state index < -0.39 is 0 Å². The van der Waals surface area contributed by atoms with E-state index in [2.05, 4.69) is 27.6 Å². The first kappa shape index (κ1) is 19.9. The van der Waals surface area contributed by atoms with Crippen molar-refractivity contribution >= 4 is 57.2 Å². The summed E-state index contributed by atoms with van der Waals surface area (Å²) in [6.07, 6.45) is 1.86. The van der Waals surface area contributed by atoms with Crippen molar-refractivity contribution in [2.75, 3.05) is 13.2 Å². The Bertz CT molecular complexity index is 913. The van der Waals surface area contributed by atoms with Gasteiger partial charge in [-0.2, -0.15) is 0 Å². The largest absolute Gasteiger partial charge is 0.493 e. The van der Waals surface area contributed by atoms with E-state index in [4.69, 9.17) is 4.74 Å². The molecular weight excluding hydrogens is 478 g/mol. The number of likely N-dealkylation sites (N-methyl/N-ethyl adjacent to an activating group) is 1. The summed E-state index contributed by atoms with van der Waals surface area (Å²) in [5.74, 6) is 0.443. The van der Waals surface area contributed by atoms with Gasteiger partial charge in [-0.25, -0.2) is 9.38 Å². The normalized spacial score (nSPS) is 17.2. The number of hydrogen-bond acceptors (Lipinski definition) is 4. The molecule has 1 amide bonds. The molecule has 3 rings (SSSR count). The summed E-state index contributed by atoms with van der Waals surface area (Å²) >= 11 is 3.55. The number of carbonyl (C=O) groups is 1. The SMILES string of the molecule is CCOc1ccc(/C=C2/SC(=Nc3ccc(F)cc3)N(CC)C2=O)cc1I. The van der Waals surface area contributed by atoms with Crippen LogP contribution in [0.15, 0.2) is 52.4 Å². The van der Waals surface area contributed by atoms with E-state index in [1.54, 1.807) is 17.0 Å². The molecular formula is C20H18FIN2O2S. The Morgan fingerprint density at radius 1 is 1.22 bits per heavy atom. The number of rotatable bonds is 5. The van der Waals surface area contributed by atoms with Crippen LogP contribution in [0.3, 0.4) is 0 Å². The molecule has 1 aliphatic heterocycles. The van der Waals surface area contributed by atoms with Gasteiger partial charge in [0, 0.05) is 6.54 Å². The minimum absolute atomic E-state index is 0.0766. The molecule has 1 heterocycles. The molecule has 2 aromatic rings. The molecule has 0 atom stereocenters. The van der Waals surface area contributed by atoms with Crippen molar-refractivity contribution < 1.29 is 13.9 Å². The third-order valence-electron chi connectivity index (χ3n) is 3.81. The fourth-order valence-electron chi connectivity index (χ4n) is 2.53. The van der Waals surface area contributed by atoms with Gasteiger partial charge in [-0.3, -0.25) is 9.69 Å². The Kier molecular flexibility index (Phi) is 6.54. The van der Waals surface area contributed by atoms with Crippen LogP contribution in [0.25, 0.3) is 6.08 Å². The van der Waals surface area contributed by atoms with Gasteiger partial charge in [0.05, 0.1) is 20.8 Å². The Hall–Kier alpha value is -1.87. The number of benzene rings is 2. The van der Waals surface area contributed by atoms with Crippen LogP contribution in [0, 0.1) is 9.39 Å². The zero-order valence-corrected chi connectivity index (χ0v) is 17.9. The lowest BCUT2D eigenvalue weighted by Crippen LogP contribution is -2.28. The van der Waals surface area contributed by atoms with E-state index in [-0.39, 0.29) is 11.7 Å². The molecule has 27 heavy (non-hydrogen) atoms. The summed E-state index contributed by atoms with van der Waals surface area (Å²) in [6, 6.07) is 11.7. The van der Waals surface area contributed by atoms with E-state index in [0.29, 0.717) is 28.9 Å². The Morgan fingerprint density at radius 3 is 2.59 bits per heavy atom. The molecule has 0 radical (unpaired) electrons. The third-order valence-corrected chi connectivity index (χ3v) is 5.66. The lowest BCUT2D eigenvalue weighted by atomic mass is 10.2. The van der Waals surface area contributed by atoms with Crippen LogP contribution in [0.1, 0.15) is 19.4 Å². The van der Waals surface area contributed by atoms with Gasteiger partial charge in [-0.05, 0) is 96.2 Å². The molecule has 0 N–H and O–H groups in total. The van der Waals surface area contributed by atoms with Gasteiger partial charge in [-0.1, -0.05) is 6.07 Å².